The highest BCUT2D eigenvalue weighted by atomic mass is 31.1. The molecule has 0 aliphatic rings. The van der Waals surface area contributed by atoms with Crippen LogP contribution in [0.25, 0.3) is 11.1 Å². The summed E-state index contributed by atoms with van der Waals surface area (Å²) in [6.45, 7) is 4.95. The van der Waals surface area contributed by atoms with Crippen LogP contribution in [-0.2, 0) is 0 Å². The van der Waals surface area contributed by atoms with E-state index >= 15 is 0 Å². The SMILES string of the molecule is C[Si](C)(c1ccccc1)c1ccccc1-c1ccccc1P(c1ccccc1)c1ccccc1. The van der Waals surface area contributed by atoms with Crippen molar-refractivity contribution in [1.82, 2.24) is 0 Å². The molecule has 0 aromatic heterocycles. The molecule has 34 heavy (non-hydrogen) atoms. The second-order valence-electron chi connectivity index (χ2n) is 9.06. The summed E-state index contributed by atoms with van der Waals surface area (Å²) in [5.74, 6) is 0. The third-order valence-electron chi connectivity index (χ3n) is 6.56. The van der Waals surface area contributed by atoms with Crippen molar-refractivity contribution < 1.29 is 0 Å². The Morgan fingerprint density at radius 2 is 0.882 bits per heavy atom. The van der Waals surface area contributed by atoms with Gasteiger partial charge in [0.25, 0.3) is 0 Å². The lowest BCUT2D eigenvalue weighted by Gasteiger charge is -2.29. The van der Waals surface area contributed by atoms with Crippen molar-refractivity contribution >= 4 is 42.3 Å². The zero-order chi connectivity index (χ0) is 23.4. The lowest BCUT2D eigenvalue weighted by atomic mass is 10.1. The second kappa shape index (κ2) is 9.93. The summed E-state index contributed by atoms with van der Waals surface area (Å²) in [5.41, 5.74) is 2.73. The van der Waals surface area contributed by atoms with Crippen LogP contribution in [-0.4, -0.2) is 8.07 Å². The predicted octanol–water partition coefficient (Wildman–Crippen LogP) is 5.93. The molecule has 0 spiro atoms. The summed E-state index contributed by atoms with van der Waals surface area (Å²) in [5, 5.41) is 7.14. The topological polar surface area (TPSA) is 0 Å². The Labute approximate surface area is 205 Å². The second-order valence-corrected chi connectivity index (χ2v) is 15.6. The molecule has 0 bridgehead atoms. The average molecular weight is 473 g/mol. The lowest BCUT2D eigenvalue weighted by Crippen LogP contribution is -2.53. The van der Waals surface area contributed by atoms with E-state index in [0.29, 0.717) is 0 Å². The van der Waals surface area contributed by atoms with E-state index in [-0.39, 0.29) is 0 Å². The van der Waals surface area contributed by atoms with E-state index in [9.17, 15) is 0 Å². The normalized spacial score (nSPS) is 11.5. The molecule has 0 amide bonds. The molecule has 0 atom stereocenters. The number of benzene rings is 5. The van der Waals surface area contributed by atoms with Crippen molar-refractivity contribution in [2.75, 3.05) is 0 Å². The van der Waals surface area contributed by atoms with Crippen LogP contribution in [0.15, 0.2) is 140 Å². The van der Waals surface area contributed by atoms with Gasteiger partial charge in [0.2, 0.25) is 0 Å². The van der Waals surface area contributed by atoms with Gasteiger partial charge in [-0.2, -0.15) is 0 Å². The van der Waals surface area contributed by atoms with Gasteiger partial charge in [-0.3, -0.25) is 0 Å². The predicted molar refractivity (Wildman–Crippen MR) is 154 cm³/mol. The fourth-order valence-corrected chi connectivity index (χ4v) is 9.96. The van der Waals surface area contributed by atoms with Gasteiger partial charge in [0.05, 0.1) is 0 Å². The van der Waals surface area contributed by atoms with E-state index < -0.39 is 16.0 Å². The Morgan fingerprint density at radius 3 is 1.47 bits per heavy atom. The zero-order valence-electron chi connectivity index (χ0n) is 19.7. The monoisotopic (exact) mass is 472 g/mol. The maximum atomic E-state index is 2.47. The van der Waals surface area contributed by atoms with Crippen molar-refractivity contribution in [1.29, 1.82) is 0 Å². The van der Waals surface area contributed by atoms with E-state index in [2.05, 4.69) is 153 Å². The van der Waals surface area contributed by atoms with E-state index in [1.165, 1.54) is 37.4 Å². The average Bonchev–Trinajstić information content (AvgIpc) is 2.91. The Morgan fingerprint density at radius 1 is 0.441 bits per heavy atom. The van der Waals surface area contributed by atoms with Crippen molar-refractivity contribution in [2.24, 2.45) is 0 Å². The highest BCUT2D eigenvalue weighted by Crippen LogP contribution is 2.37. The molecule has 0 unspecified atom stereocenters. The van der Waals surface area contributed by atoms with Gasteiger partial charge in [0.15, 0.2) is 0 Å². The number of hydrogen-bond donors (Lipinski definition) is 0. The Bertz CT molecular complexity index is 1320. The molecular weight excluding hydrogens is 443 g/mol. The summed E-state index contributed by atoms with van der Waals surface area (Å²) in [6, 6.07) is 51.2. The fraction of sp³-hybridized carbons (Fsp3) is 0.0625. The molecule has 0 N–H and O–H groups in total. The van der Waals surface area contributed by atoms with Crippen LogP contribution in [0.3, 0.4) is 0 Å². The van der Waals surface area contributed by atoms with Gasteiger partial charge in [0, 0.05) is 0 Å². The van der Waals surface area contributed by atoms with E-state index in [1.54, 1.807) is 0 Å². The minimum absolute atomic E-state index is 0.677. The minimum Gasteiger partial charge on any atom is -0.0626 e. The molecular formula is C32H29PSi. The van der Waals surface area contributed by atoms with E-state index in [1.807, 2.05) is 0 Å². The maximum Gasteiger partial charge on any atom is 0.113 e. The van der Waals surface area contributed by atoms with Crippen molar-refractivity contribution in [2.45, 2.75) is 13.1 Å². The summed E-state index contributed by atoms with van der Waals surface area (Å²) < 4.78 is 0. The maximum absolute atomic E-state index is 2.47. The van der Waals surface area contributed by atoms with E-state index in [4.69, 9.17) is 0 Å². The van der Waals surface area contributed by atoms with Gasteiger partial charge < -0.3 is 0 Å². The third-order valence-corrected chi connectivity index (χ3v) is 12.6. The summed E-state index contributed by atoms with van der Waals surface area (Å²) in [4.78, 5) is 0. The number of rotatable bonds is 6. The van der Waals surface area contributed by atoms with Crippen LogP contribution in [0.2, 0.25) is 13.1 Å². The molecule has 0 fully saturated rings. The minimum atomic E-state index is -1.89. The fourth-order valence-electron chi connectivity index (χ4n) is 4.75. The summed E-state index contributed by atoms with van der Waals surface area (Å²) >= 11 is 0. The standard InChI is InChI=1S/C32H29PSi/c1-34(2,28-20-10-5-11-21-28)32-25-15-13-23-30(32)29-22-12-14-24-31(29)33(26-16-6-3-7-17-26)27-18-8-4-9-19-27/h3-25H,1-2H3. The first-order valence-electron chi connectivity index (χ1n) is 11.8. The first-order chi connectivity index (χ1) is 16.7. The van der Waals surface area contributed by atoms with Crippen LogP contribution in [0.4, 0.5) is 0 Å². The van der Waals surface area contributed by atoms with Crippen molar-refractivity contribution in [3.05, 3.63) is 140 Å². The van der Waals surface area contributed by atoms with Crippen LogP contribution >= 0.6 is 7.92 Å². The number of hydrogen-bond acceptors (Lipinski definition) is 0. The quantitative estimate of drug-likeness (QED) is 0.212. The van der Waals surface area contributed by atoms with Crippen LogP contribution in [0.5, 0.6) is 0 Å². The van der Waals surface area contributed by atoms with Crippen LogP contribution < -0.4 is 26.3 Å². The molecule has 0 aliphatic heterocycles. The first kappa shape index (κ1) is 22.5. The van der Waals surface area contributed by atoms with Crippen LogP contribution in [0.1, 0.15) is 0 Å². The van der Waals surface area contributed by atoms with Gasteiger partial charge in [-0.05, 0) is 40.1 Å². The smallest absolute Gasteiger partial charge is 0.0626 e. The first-order valence-corrected chi connectivity index (χ1v) is 16.1. The van der Waals surface area contributed by atoms with Gasteiger partial charge in [-0.15, -0.1) is 0 Å². The Balaban J connectivity index is 1.72. The summed E-state index contributed by atoms with van der Waals surface area (Å²) in [6.07, 6.45) is 0. The van der Waals surface area contributed by atoms with Gasteiger partial charge in [0.1, 0.15) is 8.07 Å². The molecule has 166 valence electrons. The van der Waals surface area contributed by atoms with Crippen molar-refractivity contribution in [3.63, 3.8) is 0 Å². The molecule has 5 aromatic carbocycles. The zero-order valence-corrected chi connectivity index (χ0v) is 21.6. The Hall–Kier alpha value is -3.25. The van der Waals surface area contributed by atoms with Crippen LogP contribution in [0, 0.1) is 0 Å². The molecule has 5 aromatic rings. The molecule has 0 heterocycles. The molecule has 2 heteroatoms. The van der Waals surface area contributed by atoms with E-state index in [0.717, 1.165) is 0 Å². The molecule has 0 saturated carbocycles. The molecule has 0 nitrogen and oxygen atoms in total. The third kappa shape index (κ3) is 4.42. The Kier molecular flexibility index (Phi) is 6.58. The highest BCUT2D eigenvalue weighted by molar-refractivity contribution is 7.80. The molecule has 0 aliphatic carbocycles. The molecule has 0 saturated heterocycles. The molecule has 5 rings (SSSR count). The largest absolute Gasteiger partial charge is 0.113 e. The van der Waals surface area contributed by atoms with Crippen molar-refractivity contribution in [3.8, 4) is 11.1 Å². The van der Waals surface area contributed by atoms with Gasteiger partial charge in [-0.25, -0.2) is 0 Å². The summed E-state index contributed by atoms with van der Waals surface area (Å²) in [7, 11) is -2.57. The van der Waals surface area contributed by atoms with Gasteiger partial charge in [-0.1, -0.05) is 158 Å². The molecule has 0 radical (unpaired) electrons. The van der Waals surface area contributed by atoms with Gasteiger partial charge >= 0.3 is 0 Å². The highest BCUT2D eigenvalue weighted by Gasteiger charge is 2.30. The lowest BCUT2D eigenvalue weighted by molar-refractivity contribution is 1.64.